The van der Waals surface area contributed by atoms with Crippen LogP contribution in [0.1, 0.15) is 17.2 Å². The van der Waals surface area contributed by atoms with Gasteiger partial charge < -0.3 is 23.7 Å². The van der Waals surface area contributed by atoms with Crippen molar-refractivity contribution < 1.29 is 23.7 Å². The lowest BCUT2D eigenvalue weighted by molar-refractivity contribution is 0.323. The van der Waals surface area contributed by atoms with Crippen molar-refractivity contribution in [1.29, 1.82) is 5.26 Å². The summed E-state index contributed by atoms with van der Waals surface area (Å²) in [4.78, 5) is 0. The van der Waals surface area contributed by atoms with Crippen LogP contribution in [0.3, 0.4) is 0 Å². The van der Waals surface area contributed by atoms with Gasteiger partial charge in [-0.05, 0) is 41.8 Å². The maximum atomic E-state index is 9.62. The molecule has 8 heteroatoms. The van der Waals surface area contributed by atoms with Crippen molar-refractivity contribution in [3.05, 3.63) is 41.5 Å². The van der Waals surface area contributed by atoms with Crippen LogP contribution in [0.5, 0.6) is 28.7 Å². The lowest BCUT2D eigenvalue weighted by Crippen LogP contribution is -2.22. The quantitative estimate of drug-likeness (QED) is 0.626. The number of halogens is 1. The Morgan fingerprint density at radius 1 is 0.828 bits per heavy atom. The van der Waals surface area contributed by atoms with Crippen molar-refractivity contribution in [2.75, 3.05) is 42.1 Å². The number of hydrogen-bond donors (Lipinski definition) is 1. The Hall–Kier alpha value is -2.82. The molecule has 0 aliphatic rings. The number of nitrogens with zero attached hydrogens (tertiary/aromatic N) is 1. The van der Waals surface area contributed by atoms with Gasteiger partial charge in [-0.15, -0.1) is 12.4 Å². The molecule has 0 amide bonds. The Morgan fingerprint density at radius 3 is 1.90 bits per heavy atom. The molecule has 2 aromatic rings. The number of ether oxygens (including phenoxy) is 5. The van der Waals surface area contributed by atoms with Crippen LogP contribution in [0.15, 0.2) is 30.3 Å². The van der Waals surface area contributed by atoms with Crippen LogP contribution in [0.2, 0.25) is 0 Å². The van der Waals surface area contributed by atoms with Crippen molar-refractivity contribution in [3.63, 3.8) is 0 Å². The molecule has 1 atom stereocenters. The molecule has 0 saturated carbocycles. The number of methoxy groups -OCH3 is 5. The van der Waals surface area contributed by atoms with Crippen LogP contribution >= 0.6 is 12.4 Å². The molecule has 158 valence electrons. The van der Waals surface area contributed by atoms with E-state index in [1.54, 1.807) is 47.7 Å². The largest absolute Gasteiger partial charge is 0.493 e. The van der Waals surface area contributed by atoms with Gasteiger partial charge in [0.2, 0.25) is 5.75 Å². The standard InChI is InChI=1S/C21H26N2O5.ClH/c1-24-17-7-6-14(10-18(17)25-2)8-9-23-16(13-22)15-11-19(26-3)21(28-5)20(12-15)27-4;/h6-7,10-12,16,23H,8-9H2,1-5H3;1H. The Balaban J connectivity index is 0.00000420. The summed E-state index contributed by atoms with van der Waals surface area (Å²) >= 11 is 0. The van der Waals surface area contributed by atoms with Gasteiger partial charge >= 0.3 is 0 Å². The van der Waals surface area contributed by atoms with Crippen molar-refractivity contribution >= 4 is 12.4 Å². The molecule has 2 rings (SSSR count). The molecule has 0 aromatic heterocycles. The van der Waals surface area contributed by atoms with E-state index in [4.69, 9.17) is 23.7 Å². The average molecular weight is 423 g/mol. The van der Waals surface area contributed by atoms with E-state index in [-0.39, 0.29) is 12.4 Å². The molecule has 2 aromatic carbocycles. The molecule has 0 spiro atoms. The summed E-state index contributed by atoms with van der Waals surface area (Å²) in [6.45, 7) is 0.602. The highest BCUT2D eigenvalue weighted by molar-refractivity contribution is 5.85. The van der Waals surface area contributed by atoms with E-state index in [9.17, 15) is 5.26 Å². The summed E-state index contributed by atoms with van der Waals surface area (Å²) in [7, 11) is 7.85. The second-order valence-corrected chi connectivity index (χ2v) is 5.91. The molecule has 1 N–H and O–H groups in total. The SMILES string of the molecule is COc1ccc(CCNC(C#N)c2cc(OC)c(OC)c(OC)c2)cc1OC.Cl. The van der Waals surface area contributed by atoms with Crippen molar-refractivity contribution in [2.24, 2.45) is 0 Å². The topological polar surface area (TPSA) is 82.0 Å². The second-order valence-electron chi connectivity index (χ2n) is 5.91. The zero-order chi connectivity index (χ0) is 20.5. The first-order chi connectivity index (χ1) is 13.6. The molecule has 7 nitrogen and oxygen atoms in total. The van der Waals surface area contributed by atoms with Crippen LogP contribution < -0.4 is 29.0 Å². The van der Waals surface area contributed by atoms with Crippen LogP contribution in [-0.4, -0.2) is 42.1 Å². The van der Waals surface area contributed by atoms with Gasteiger partial charge in [-0.1, -0.05) is 6.07 Å². The van der Waals surface area contributed by atoms with Gasteiger partial charge in [0.1, 0.15) is 6.04 Å². The fourth-order valence-electron chi connectivity index (χ4n) is 2.90. The minimum absolute atomic E-state index is 0. The van der Waals surface area contributed by atoms with E-state index in [1.165, 1.54) is 0 Å². The molecule has 0 heterocycles. The van der Waals surface area contributed by atoms with Crippen LogP contribution in [0, 0.1) is 11.3 Å². The Morgan fingerprint density at radius 2 is 1.41 bits per heavy atom. The van der Waals surface area contributed by atoms with Gasteiger partial charge in [0.05, 0.1) is 41.6 Å². The summed E-state index contributed by atoms with van der Waals surface area (Å²) in [6, 6.07) is 11.1. The van der Waals surface area contributed by atoms with E-state index in [2.05, 4.69) is 11.4 Å². The van der Waals surface area contributed by atoms with Crippen molar-refractivity contribution in [2.45, 2.75) is 12.5 Å². The summed E-state index contributed by atoms with van der Waals surface area (Å²) in [5.74, 6) is 2.89. The molecular formula is C21H27ClN2O5. The Kier molecular flexibility index (Phi) is 9.93. The molecule has 0 fully saturated rings. The predicted octanol–water partition coefficient (Wildman–Crippen LogP) is 3.55. The van der Waals surface area contributed by atoms with E-state index < -0.39 is 6.04 Å². The molecule has 0 aliphatic heterocycles. The van der Waals surface area contributed by atoms with Crippen LogP contribution in [0.25, 0.3) is 0 Å². The molecule has 29 heavy (non-hydrogen) atoms. The van der Waals surface area contributed by atoms with Crippen molar-refractivity contribution in [1.82, 2.24) is 5.32 Å². The van der Waals surface area contributed by atoms with E-state index in [0.29, 0.717) is 35.3 Å². The van der Waals surface area contributed by atoms with E-state index in [0.717, 1.165) is 17.5 Å². The smallest absolute Gasteiger partial charge is 0.203 e. The van der Waals surface area contributed by atoms with Gasteiger partial charge in [-0.2, -0.15) is 5.26 Å². The zero-order valence-electron chi connectivity index (χ0n) is 17.3. The molecule has 0 radical (unpaired) electrons. The minimum Gasteiger partial charge on any atom is -0.493 e. The molecule has 0 bridgehead atoms. The van der Waals surface area contributed by atoms with Crippen LogP contribution in [-0.2, 0) is 6.42 Å². The van der Waals surface area contributed by atoms with E-state index >= 15 is 0 Å². The number of benzene rings is 2. The lowest BCUT2D eigenvalue weighted by Gasteiger charge is -2.17. The Labute approximate surface area is 177 Å². The van der Waals surface area contributed by atoms with Gasteiger partial charge in [-0.3, -0.25) is 5.32 Å². The summed E-state index contributed by atoms with van der Waals surface area (Å²) < 4.78 is 26.6. The van der Waals surface area contributed by atoms with Gasteiger partial charge in [0, 0.05) is 6.54 Å². The highest BCUT2D eigenvalue weighted by Gasteiger charge is 2.18. The summed E-state index contributed by atoms with van der Waals surface area (Å²) in [5, 5.41) is 12.9. The Bertz CT molecular complexity index is 813. The summed E-state index contributed by atoms with van der Waals surface area (Å²) in [6.07, 6.45) is 0.725. The molecule has 0 aliphatic carbocycles. The predicted molar refractivity (Wildman–Crippen MR) is 113 cm³/mol. The fourth-order valence-corrected chi connectivity index (χ4v) is 2.90. The third-order valence-electron chi connectivity index (χ3n) is 4.36. The van der Waals surface area contributed by atoms with Gasteiger partial charge in [0.15, 0.2) is 23.0 Å². The summed E-state index contributed by atoms with van der Waals surface area (Å²) in [5.41, 5.74) is 1.82. The van der Waals surface area contributed by atoms with E-state index in [1.807, 2.05) is 18.2 Å². The normalized spacial score (nSPS) is 10.9. The monoisotopic (exact) mass is 422 g/mol. The molecule has 0 saturated heterocycles. The van der Waals surface area contributed by atoms with Crippen molar-refractivity contribution in [3.8, 4) is 34.8 Å². The van der Waals surface area contributed by atoms with Gasteiger partial charge in [-0.25, -0.2) is 0 Å². The number of nitriles is 1. The zero-order valence-corrected chi connectivity index (χ0v) is 18.1. The first-order valence-corrected chi connectivity index (χ1v) is 8.75. The second kappa shape index (κ2) is 11.9. The third kappa shape index (κ3) is 5.83. The average Bonchev–Trinajstić information content (AvgIpc) is 2.75. The maximum absolute atomic E-state index is 9.62. The third-order valence-corrected chi connectivity index (χ3v) is 4.36. The fraction of sp³-hybridized carbons (Fsp3) is 0.381. The van der Waals surface area contributed by atoms with Crippen LogP contribution in [0.4, 0.5) is 0 Å². The number of nitrogens with one attached hydrogen (secondary N) is 1. The molecular weight excluding hydrogens is 396 g/mol. The highest BCUT2D eigenvalue weighted by Crippen LogP contribution is 2.39. The minimum atomic E-state index is -0.520. The first-order valence-electron chi connectivity index (χ1n) is 8.75. The first kappa shape index (κ1) is 24.2. The highest BCUT2D eigenvalue weighted by atomic mass is 35.5. The molecule has 1 unspecified atom stereocenters. The maximum Gasteiger partial charge on any atom is 0.203 e. The number of hydrogen-bond acceptors (Lipinski definition) is 7. The number of rotatable bonds is 10. The lowest BCUT2D eigenvalue weighted by atomic mass is 10.1. The van der Waals surface area contributed by atoms with Gasteiger partial charge in [0.25, 0.3) is 0 Å².